The monoisotopic (exact) mass is 473 g/mol. The van der Waals surface area contributed by atoms with E-state index in [1.54, 1.807) is 48.2 Å². The molecule has 1 N–H and O–H groups in total. The van der Waals surface area contributed by atoms with E-state index in [4.69, 9.17) is 9.15 Å². The first-order valence-corrected chi connectivity index (χ1v) is 11.7. The summed E-state index contributed by atoms with van der Waals surface area (Å²) in [5.41, 5.74) is 1.97. The quantitative estimate of drug-likeness (QED) is 0.417. The second kappa shape index (κ2) is 10.0. The highest BCUT2D eigenvalue weighted by atomic mass is 16.5. The maximum absolute atomic E-state index is 13.9. The van der Waals surface area contributed by atoms with Crippen molar-refractivity contribution in [3.63, 3.8) is 0 Å². The summed E-state index contributed by atoms with van der Waals surface area (Å²) in [6.07, 6.45) is 5.52. The Hall–Kier alpha value is -4.14. The fraction of sp³-hybridized carbons (Fsp3) is 0.308. The van der Waals surface area contributed by atoms with Crippen molar-refractivity contribution in [1.29, 1.82) is 0 Å². The lowest BCUT2D eigenvalue weighted by Crippen LogP contribution is -2.47. The van der Waals surface area contributed by atoms with Gasteiger partial charge in [0.15, 0.2) is 6.04 Å². The topological polar surface area (TPSA) is 102 Å². The number of aromatic nitrogens is 3. The van der Waals surface area contributed by atoms with Gasteiger partial charge in [0, 0.05) is 11.7 Å². The molecule has 2 heterocycles. The van der Waals surface area contributed by atoms with Gasteiger partial charge in [-0.05, 0) is 61.4 Å². The summed E-state index contributed by atoms with van der Waals surface area (Å²) in [6.45, 7) is -0.0968. The van der Waals surface area contributed by atoms with Gasteiger partial charge in [-0.1, -0.05) is 30.2 Å². The van der Waals surface area contributed by atoms with Gasteiger partial charge in [-0.3, -0.25) is 14.5 Å². The Labute approximate surface area is 202 Å². The Morgan fingerprint density at radius 3 is 2.60 bits per heavy atom. The molecule has 9 nitrogen and oxygen atoms in total. The number of ether oxygens (including phenoxy) is 1. The van der Waals surface area contributed by atoms with Crippen molar-refractivity contribution in [1.82, 2.24) is 20.3 Å². The number of anilines is 1. The predicted molar refractivity (Wildman–Crippen MR) is 130 cm³/mol. The van der Waals surface area contributed by atoms with Crippen LogP contribution in [-0.4, -0.2) is 40.0 Å². The van der Waals surface area contributed by atoms with Gasteiger partial charge in [-0.2, -0.15) is 0 Å². The molecule has 2 amide bonds. The lowest BCUT2D eigenvalue weighted by molar-refractivity contribution is -0.127. The normalized spacial score (nSPS) is 14.7. The van der Waals surface area contributed by atoms with E-state index in [2.05, 4.69) is 15.6 Å². The number of nitrogens with zero attached hydrogens (tertiary/aromatic N) is 4. The first-order chi connectivity index (χ1) is 17.1. The smallest absolute Gasteiger partial charge is 0.251 e. The number of furan rings is 1. The van der Waals surface area contributed by atoms with Crippen LogP contribution in [0.4, 0.5) is 5.69 Å². The third-order valence-corrected chi connectivity index (χ3v) is 6.35. The number of para-hydroxylation sites is 1. The molecule has 1 aliphatic carbocycles. The second-order valence-corrected chi connectivity index (χ2v) is 8.61. The first kappa shape index (κ1) is 22.6. The SMILES string of the molecule is COc1ccc(N(C(=O)Cn2nnc3ccccc32)[C@@H](C(=O)NC2CCCC2)c2ccco2)cc1. The number of hydrogen-bond donors (Lipinski definition) is 1. The maximum Gasteiger partial charge on any atom is 0.251 e. The number of hydrogen-bond acceptors (Lipinski definition) is 6. The number of carbonyl (C=O) groups is 2. The third-order valence-electron chi connectivity index (χ3n) is 6.35. The Kier molecular flexibility index (Phi) is 6.47. The zero-order valence-corrected chi connectivity index (χ0v) is 19.5. The zero-order chi connectivity index (χ0) is 24.2. The maximum atomic E-state index is 13.9. The average molecular weight is 474 g/mol. The van der Waals surface area contributed by atoms with Crippen LogP contribution in [0.25, 0.3) is 11.0 Å². The summed E-state index contributed by atoms with van der Waals surface area (Å²) in [5.74, 6) is 0.426. The van der Waals surface area contributed by atoms with Gasteiger partial charge in [0.05, 0.1) is 18.9 Å². The minimum atomic E-state index is -0.985. The molecule has 2 aromatic heterocycles. The molecule has 5 rings (SSSR count). The number of amides is 2. The van der Waals surface area contributed by atoms with Crippen LogP contribution in [0.15, 0.2) is 71.3 Å². The molecule has 0 saturated heterocycles. The standard InChI is InChI=1S/C26H27N5O4/c1-34-20-14-12-19(13-15-20)31(24(32)17-30-22-10-5-4-9-21(22)28-29-30)25(23-11-6-16-35-23)26(33)27-18-7-2-3-8-18/h4-6,9-16,18,25H,2-3,7-8,17H2,1H3,(H,27,33)/t25-/m1/s1. The highest BCUT2D eigenvalue weighted by Gasteiger charge is 2.36. The molecule has 180 valence electrons. The molecule has 1 atom stereocenters. The van der Waals surface area contributed by atoms with Crippen molar-refractivity contribution in [2.45, 2.75) is 44.3 Å². The molecule has 0 radical (unpaired) electrons. The summed E-state index contributed by atoms with van der Waals surface area (Å²) < 4.78 is 12.5. The van der Waals surface area contributed by atoms with Gasteiger partial charge in [0.25, 0.3) is 5.91 Å². The summed E-state index contributed by atoms with van der Waals surface area (Å²) in [5, 5.41) is 11.4. The lowest BCUT2D eigenvalue weighted by Gasteiger charge is -2.31. The van der Waals surface area contributed by atoms with E-state index in [1.165, 1.54) is 11.2 Å². The van der Waals surface area contributed by atoms with E-state index in [0.717, 1.165) is 31.2 Å². The van der Waals surface area contributed by atoms with Crippen LogP contribution in [0.5, 0.6) is 5.75 Å². The second-order valence-electron chi connectivity index (χ2n) is 8.61. The Bertz CT molecular complexity index is 1290. The zero-order valence-electron chi connectivity index (χ0n) is 19.5. The molecule has 4 aromatic rings. The number of nitrogens with one attached hydrogen (secondary N) is 1. The molecule has 1 aliphatic rings. The van der Waals surface area contributed by atoms with Crippen molar-refractivity contribution < 1.29 is 18.7 Å². The molecule has 2 aromatic carbocycles. The van der Waals surface area contributed by atoms with Crippen molar-refractivity contribution >= 4 is 28.5 Å². The summed E-state index contributed by atoms with van der Waals surface area (Å²) in [4.78, 5) is 29.0. The molecule has 1 fully saturated rings. The van der Waals surface area contributed by atoms with Gasteiger partial charge in [-0.15, -0.1) is 5.10 Å². The largest absolute Gasteiger partial charge is 0.497 e. The Morgan fingerprint density at radius 2 is 1.89 bits per heavy atom. The fourth-order valence-corrected chi connectivity index (χ4v) is 4.59. The lowest BCUT2D eigenvalue weighted by atomic mass is 10.1. The number of methoxy groups -OCH3 is 1. The van der Waals surface area contributed by atoms with Gasteiger partial charge in [0.1, 0.15) is 23.6 Å². The van der Waals surface area contributed by atoms with Crippen LogP contribution in [0.2, 0.25) is 0 Å². The highest BCUT2D eigenvalue weighted by molar-refractivity contribution is 6.01. The Morgan fingerprint density at radius 1 is 1.11 bits per heavy atom. The Balaban J connectivity index is 1.53. The molecule has 0 spiro atoms. The van der Waals surface area contributed by atoms with E-state index < -0.39 is 6.04 Å². The van der Waals surface area contributed by atoms with Gasteiger partial charge in [-0.25, -0.2) is 4.68 Å². The summed E-state index contributed by atoms with van der Waals surface area (Å²) >= 11 is 0. The van der Waals surface area contributed by atoms with E-state index >= 15 is 0 Å². The molecule has 1 saturated carbocycles. The molecule has 0 unspecified atom stereocenters. The third kappa shape index (κ3) is 4.75. The number of fused-ring (bicyclic) bond motifs is 1. The molecule has 9 heteroatoms. The van der Waals surface area contributed by atoms with E-state index in [1.807, 2.05) is 24.3 Å². The molecular formula is C26H27N5O4. The number of carbonyl (C=O) groups excluding carboxylic acids is 2. The van der Waals surface area contributed by atoms with Crippen LogP contribution in [0.3, 0.4) is 0 Å². The number of benzene rings is 2. The van der Waals surface area contributed by atoms with Gasteiger partial charge >= 0.3 is 0 Å². The van der Waals surface area contributed by atoms with Crippen molar-refractivity contribution in [3.05, 3.63) is 72.7 Å². The van der Waals surface area contributed by atoms with Crippen molar-refractivity contribution in [3.8, 4) is 5.75 Å². The average Bonchev–Trinajstić information content (AvgIpc) is 3.66. The predicted octanol–water partition coefficient (Wildman–Crippen LogP) is 3.87. The van der Waals surface area contributed by atoms with Crippen LogP contribution in [-0.2, 0) is 16.1 Å². The fourth-order valence-electron chi connectivity index (χ4n) is 4.59. The molecule has 35 heavy (non-hydrogen) atoms. The first-order valence-electron chi connectivity index (χ1n) is 11.7. The van der Waals surface area contributed by atoms with Crippen LogP contribution < -0.4 is 15.0 Å². The van der Waals surface area contributed by atoms with Crippen LogP contribution in [0.1, 0.15) is 37.5 Å². The van der Waals surface area contributed by atoms with Gasteiger partial charge < -0.3 is 14.5 Å². The number of rotatable bonds is 8. The minimum Gasteiger partial charge on any atom is -0.497 e. The van der Waals surface area contributed by atoms with Crippen molar-refractivity contribution in [2.75, 3.05) is 12.0 Å². The van der Waals surface area contributed by atoms with Crippen LogP contribution >= 0.6 is 0 Å². The van der Waals surface area contributed by atoms with Gasteiger partial charge in [0.2, 0.25) is 5.91 Å². The minimum absolute atomic E-state index is 0.0899. The van der Waals surface area contributed by atoms with E-state index in [0.29, 0.717) is 22.7 Å². The molecule has 0 aliphatic heterocycles. The highest BCUT2D eigenvalue weighted by Crippen LogP contribution is 2.31. The van der Waals surface area contributed by atoms with Crippen molar-refractivity contribution in [2.24, 2.45) is 0 Å². The van der Waals surface area contributed by atoms with Crippen LogP contribution in [0, 0.1) is 0 Å². The molecular weight excluding hydrogens is 446 g/mol. The van der Waals surface area contributed by atoms with E-state index in [-0.39, 0.29) is 24.4 Å². The summed E-state index contributed by atoms with van der Waals surface area (Å²) in [6, 6.07) is 17.0. The van der Waals surface area contributed by atoms with E-state index in [9.17, 15) is 9.59 Å². The summed E-state index contributed by atoms with van der Waals surface area (Å²) in [7, 11) is 1.58. The molecule has 0 bridgehead atoms.